The number of methoxy groups -OCH3 is 2. The van der Waals surface area contributed by atoms with Crippen LogP contribution >= 0.6 is 0 Å². The minimum absolute atomic E-state index is 0.107. The molecule has 13 heteroatoms. The molecule has 0 saturated heterocycles. The highest BCUT2D eigenvalue weighted by atomic mass is 16.6. The first-order valence-electron chi connectivity index (χ1n) is 13.6. The number of hydrogen-bond donors (Lipinski definition) is 3. The maximum atomic E-state index is 13.0. The quantitative estimate of drug-likeness (QED) is 0.0671. The minimum Gasteiger partial charge on any atom is -0.505 e. The van der Waals surface area contributed by atoms with E-state index < -0.39 is 28.5 Å². The molecule has 0 heterocycles. The third kappa shape index (κ3) is 6.63. The highest BCUT2D eigenvalue weighted by Gasteiger charge is 2.21. The predicted octanol–water partition coefficient (Wildman–Crippen LogP) is 7.17. The maximum absolute atomic E-state index is 13.0. The molecule has 3 N–H and O–H groups in total. The largest absolute Gasteiger partial charge is 0.505 e. The molecular formula is C33H25N5O8. The summed E-state index contributed by atoms with van der Waals surface area (Å²) >= 11 is 0. The number of carbonyl (C=O) groups excluding carboxylic acids is 3. The van der Waals surface area contributed by atoms with E-state index in [9.17, 15) is 29.6 Å². The van der Waals surface area contributed by atoms with Crippen LogP contribution in [0.15, 0.2) is 107 Å². The summed E-state index contributed by atoms with van der Waals surface area (Å²) in [7, 11) is 2.57. The zero-order valence-corrected chi connectivity index (χ0v) is 24.4. The number of aromatic hydroxyl groups is 1. The Bertz CT molecular complexity index is 2030. The molecule has 0 aliphatic heterocycles. The number of nitrogens with zero attached hydrogens (tertiary/aromatic N) is 3. The Morgan fingerprint density at radius 1 is 0.783 bits per heavy atom. The second-order valence-corrected chi connectivity index (χ2v) is 9.72. The Labute approximate surface area is 261 Å². The van der Waals surface area contributed by atoms with Gasteiger partial charge >= 0.3 is 5.97 Å². The molecule has 46 heavy (non-hydrogen) atoms. The second kappa shape index (κ2) is 13.3. The van der Waals surface area contributed by atoms with Crippen LogP contribution in [0, 0.1) is 10.1 Å². The molecule has 0 aliphatic carbocycles. The van der Waals surface area contributed by atoms with Gasteiger partial charge in [0.1, 0.15) is 22.7 Å². The van der Waals surface area contributed by atoms with Gasteiger partial charge in [-0.3, -0.25) is 19.7 Å². The second-order valence-electron chi connectivity index (χ2n) is 9.72. The number of para-hydroxylation sites is 1. The molecule has 230 valence electrons. The minimum atomic E-state index is -0.862. The van der Waals surface area contributed by atoms with Crippen LogP contribution in [0.1, 0.15) is 31.1 Å². The van der Waals surface area contributed by atoms with E-state index in [0.717, 1.165) is 7.11 Å². The van der Waals surface area contributed by atoms with Crippen molar-refractivity contribution in [2.75, 3.05) is 24.9 Å². The Balaban J connectivity index is 1.52. The number of nitro groups is 1. The zero-order valence-electron chi connectivity index (χ0n) is 24.4. The number of phenolic OH excluding ortho intramolecular Hbond substituents is 1. The average molecular weight is 620 g/mol. The SMILES string of the molecule is COC(=O)c1cc2cc(C(=O)Nc3cccc([N+](=O)[O-])c3)ccc2c(N=Nc2cc(C(=O)Nc3ccccc3)ccc2OC)c1O. The number of non-ortho nitro benzene ring substituents is 1. The first-order valence-corrected chi connectivity index (χ1v) is 13.6. The Kier molecular flexibility index (Phi) is 8.94. The van der Waals surface area contributed by atoms with Crippen molar-refractivity contribution in [1.82, 2.24) is 0 Å². The Morgan fingerprint density at radius 3 is 2.15 bits per heavy atom. The first-order chi connectivity index (χ1) is 22.2. The molecule has 0 fully saturated rings. The van der Waals surface area contributed by atoms with Gasteiger partial charge in [0.15, 0.2) is 5.75 Å². The molecule has 0 spiro atoms. The summed E-state index contributed by atoms with van der Waals surface area (Å²) in [5.41, 5.74) is 0.852. The Hall–Kier alpha value is -6.63. The molecule has 0 saturated carbocycles. The summed E-state index contributed by atoms with van der Waals surface area (Å²) in [6, 6.07) is 24.7. The van der Waals surface area contributed by atoms with Crippen molar-refractivity contribution in [3.8, 4) is 11.5 Å². The molecular weight excluding hydrogens is 594 g/mol. The lowest BCUT2D eigenvalue weighted by Gasteiger charge is -2.12. The third-order valence-electron chi connectivity index (χ3n) is 6.80. The number of ether oxygens (including phenoxy) is 2. The lowest BCUT2D eigenvalue weighted by molar-refractivity contribution is -0.384. The monoisotopic (exact) mass is 619 g/mol. The number of hydrogen-bond acceptors (Lipinski definition) is 10. The standard InChI is InChI=1S/C33H25N5O8/c1-45-28-14-12-20(32(41)34-22-7-4-3-5-8-22)17-27(28)36-37-29-25-13-11-19(15-21(25)16-26(30(29)39)33(42)46-2)31(40)35-23-9-6-10-24(18-23)38(43)44/h3-18,39H,1-2H3,(H,34,41)(H,35,40). The van der Waals surface area contributed by atoms with E-state index in [1.54, 1.807) is 36.4 Å². The number of phenols is 1. The Morgan fingerprint density at radius 2 is 1.46 bits per heavy atom. The number of azo groups is 1. The van der Waals surface area contributed by atoms with Crippen molar-refractivity contribution in [1.29, 1.82) is 0 Å². The molecule has 5 aromatic rings. The molecule has 0 bridgehead atoms. The third-order valence-corrected chi connectivity index (χ3v) is 6.80. The van der Waals surface area contributed by atoms with Crippen molar-refractivity contribution in [3.05, 3.63) is 124 Å². The smallest absolute Gasteiger partial charge is 0.341 e. The summed E-state index contributed by atoms with van der Waals surface area (Å²) in [6.07, 6.45) is 0. The van der Waals surface area contributed by atoms with Crippen molar-refractivity contribution in [3.63, 3.8) is 0 Å². The molecule has 5 aromatic carbocycles. The van der Waals surface area contributed by atoms with Gasteiger partial charge in [0, 0.05) is 40.0 Å². The number of benzene rings is 5. The topological polar surface area (TPSA) is 182 Å². The number of esters is 1. The van der Waals surface area contributed by atoms with Gasteiger partial charge in [-0.1, -0.05) is 30.3 Å². The number of nitrogens with one attached hydrogen (secondary N) is 2. The van der Waals surface area contributed by atoms with Crippen LogP contribution in [0.25, 0.3) is 10.8 Å². The molecule has 0 aromatic heterocycles. The molecule has 13 nitrogen and oxygen atoms in total. The fourth-order valence-corrected chi connectivity index (χ4v) is 4.52. The summed E-state index contributed by atoms with van der Waals surface area (Å²) < 4.78 is 10.2. The molecule has 5 rings (SSSR count). The van der Waals surface area contributed by atoms with Crippen LogP contribution < -0.4 is 15.4 Å². The van der Waals surface area contributed by atoms with Gasteiger partial charge < -0.3 is 25.2 Å². The van der Waals surface area contributed by atoms with Crippen LogP contribution in [-0.4, -0.2) is 42.0 Å². The summed E-state index contributed by atoms with van der Waals surface area (Å²) in [5, 5.41) is 36.7. The fraction of sp³-hybridized carbons (Fsp3) is 0.0606. The summed E-state index contributed by atoms with van der Waals surface area (Å²) in [5.74, 6) is -2.07. The predicted molar refractivity (Wildman–Crippen MR) is 170 cm³/mol. The lowest BCUT2D eigenvalue weighted by atomic mass is 10.0. The van der Waals surface area contributed by atoms with Crippen LogP contribution in [0.2, 0.25) is 0 Å². The van der Waals surface area contributed by atoms with E-state index in [-0.39, 0.29) is 45.2 Å². The highest BCUT2D eigenvalue weighted by molar-refractivity contribution is 6.10. The highest BCUT2D eigenvalue weighted by Crippen LogP contribution is 2.41. The summed E-state index contributed by atoms with van der Waals surface area (Å²) in [6.45, 7) is 0. The van der Waals surface area contributed by atoms with E-state index >= 15 is 0 Å². The molecule has 0 aliphatic rings. The number of amides is 2. The lowest BCUT2D eigenvalue weighted by Crippen LogP contribution is -2.12. The zero-order chi connectivity index (χ0) is 32.8. The van der Waals surface area contributed by atoms with Gasteiger partial charge in [-0.15, -0.1) is 10.2 Å². The number of rotatable bonds is 9. The van der Waals surface area contributed by atoms with E-state index in [1.807, 2.05) is 6.07 Å². The van der Waals surface area contributed by atoms with Crippen LogP contribution in [0.4, 0.5) is 28.4 Å². The van der Waals surface area contributed by atoms with E-state index in [4.69, 9.17) is 9.47 Å². The maximum Gasteiger partial charge on any atom is 0.341 e. The van der Waals surface area contributed by atoms with Crippen LogP contribution in [0.5, 0.6) is 11.5 Å². The summed E-state index contributed by atoms with van der Waals surface area (Å²) in [4.78, 5) is 49.0. The number of carbonyl (C=O) groups is 3. The van der Waals surface area contributed by atoms with E-state index in [2.05, 4.69) is 20.9 Å². The van der Waals surface area contributed by atoms with Crippen molar-refractivity contribution >= 4 is 57.0 Å². The molecule has 2 amide bonds. The van der Waals surface area contributed by atoms with E-state index in [0.29, 0.717) is 16.5 Å². The molecule has 0 radical (unpaired) electrons. The molecule has 0 unspecified atom stereocenters. The van der Waals surface area contributed by atoms with Gasteiger partial charge in [-0.05, 0) is 60.0 Å². The number of anilines is 2. The number of nitro benzene ring substituents is 1. The normalized spacial score (nSPS) is 10.8. The van der Waals surface area contributed by atoms with Crippen LogP contribution in [-0.2, 0) is 4.74 Å². The average Bonchev–Trinajstić information content (AvgIpc) is 3.07. The van der Waals surface area contributed by atoms with Crippen molar-refractivity contribution in [2.24, 2.45) is 10.2 Å². The van der Waals surface area contributed by atoms with Gasteiger partial charge in [0.05, 0.1) is 19.1 Å². The van der Waals surface area contributed by atoms with Crippen molar-refractivity contribution < 1.29 is 33.9 Å². The molecule has 0 atom stereocenters. The fourth-order valence-electron chi connectivity index (χ4n) is 4.52. The van der Waals surface area contributed by atoms with Crippen LogP contribution in [0.3, 0.4) is 0 Å². The van der Waals surface area contributed by atoms with Crippen molar-refractivity contribution in [2.45, 2.75) is 0 Å². The van der Waals surface area contributed by atoms with Gasteiger partial charge in [0.2, 0.25) is 0 Å². The number of fused-ring (bicyclic) bond motifs is 1. The van der Waals surface area contributed by atoms with Gasteiger partial charge in [0.25, 0.3) is 17.5 Å². The first kappa shape index (κ1) is 30.8. The van der Waals surface area contributed by atoms with E-state index in [1.165, 1.54) is 61.7 Å². The van der Waals surface area contributed by atoms with Gasteiger partial charge in [-0.25, -0.2) is 4.79 Å². The van der Waals surface area contributed by atoms with Gasteiger partial charge in [-0.2, -0.15) is 0 Å².